The van der Waals surface area contributed by atoms with Crippen molar-refractivity contribution in [1.29, 1.82) is 0 Å². The fourth-order valence-corrected chi connectivity index (χ4v) is 25.1. The first kappa shape index (κ1) is 79.6. The van der Waals surface area contributed by atoms with Gasteiger partial charge in [-0.05, 0) is 195 Å². The van der Waals surface area contributed by atoms with Crippen molar-refractivity contribution in [3.05, 3.63) is 141 Å². The number of rotatable bonds is 11. The van der Waals surface area contributed by atoms with Crippen LogP contribution in [0.4, 0.5) is 24.5 Å². The van der Waals surface area contributed by atoms with Gasteiger partial charge in [0.05, 0.1) is 23.9 Å². The van der Waals surface area contributed by atoms with Crippen LogP contribution in [0.5, 0.6) is 0 Å². The van der Waals surface area contributed by atoms with Crippen molar-refractivity contribution in [2.45, 2.75) is 224 Å². The molecule has 0 bridgehead atoms. The lowest BCUT2D eigenvalue weighted by molar-refractivity contribution is -0.385. The Morgan fingerprint density at radius 2 is 0.945 bits per heavy atom. The second-order valence-electron chi connectivity index (χ2n) is 35.7. The van der Waals surface area contributed by atoms with Gasteiger partial charge in [0, 0.05) is 67.6 Å². The zero-order valence-corrected chi connectivity index (χ0v) is 63.9. The van der Waals surface area contributed by atoms with Crippen LogP contribution in [0.2, 0.25) is 0 Å². The second kappa shape index (κ2) is 26.9. The number of aliphatic hydroxyl groups is 5. The molecule has 1 saturated heterocycles. The number of hydrogen-bond acceptors (Lipinski definition) is 20. The standard InChI is InChI=1S/C33H38FNO8.C30H36FNO6.C22H29FO5/c1-19-14-24-23-11-10-21-16-22(36)12-13-30(21,4)32(23,34)27(42-28(38)15-20-8-6-7-9-25(20)35(39)40)17-31(24,5)33(19)26(37)18-41-29(2,3)43-33;1-17-12-22-21-9-8-19-14-20(34)10-11-27(19,2)29(21,31)25(15-28(22,3)30(17,37)24(35)16-33)38-26(36)13-18-6-4-5-7-23(18)32;1-12-8-16-15-5-4-13-9-14(25)6-7-19(13,2)21(15,23)17(26)10-20(16,3)22(12,28)18(27)11-24/h6-9,12-13,16,19,23-24,27H,10-11,14-15,17-18H2,1-5H3;4-7,10-11,14,17,21-22,25,33,37H,8-9,12-13,15-16,32H2,1-3H3;6-7,9,12,15-17,24,26,28H,4-5,8,10-11H2,1-3H3/t19-,23?,24?,27+,30+,31+,32+,33+;17-,21?,22?,25+,27+,28+,29+,30+;12-,15?,16?,17+,19+,20+,21+,22+/m111/s1. The van der Waals surface area contributed by atoms with E-state index in [4.69, 9.17) is 24.7 Å². The van der Waals surface area contributed by atoms with Crippen molar-refractivity contribution in [3.63, 3.8) is 0 Å². The van der Waals surface area contributed by atoms with Crippen molar-refractivity contribution in [3.8, 4) is 0 Å². The SMILES string of the molecule is C[C@@H]1CC2C3CCC4=CC(=O)C=C[C@]4(C)[C@@]3(F)[C@@H](O)C[C@]2(C)[C@@]1(O)C(=O)CO.C[C@@H]1CC2C3CCC4=CC(=O)C=C[C@]4(C)[C@@]3(F)[C@@H](OC(=O)Cc3ccccc3N)C[C@]2(C)[C@@]1(O)C(=O)CO.C[C@@H]1CC2C3CCC4=CC(=O)C=C[C@]4(C)[C@@]3(F)[C@@H](OC(=O)Cc3ccccc3[N+](=O)[O-])C[C@]2(C)[C@]12OC(C)(C)OCC2=O. The number of esters is 2. The average Bonchev–Trinajstić information content (AvgIpc) is 1.62. The molecule has 1 heterocycles. The van der Waals surface area contributed by atoms with Crippen molar-refractivity contribution in [2.24, 2.45) is 85.8 Å². The Kier molecular flexibility index (Phi) is 19.6. The fourth-order valence-electron chi connectivity index (χ4n) is 25.1. The molecule has 1 spiro atoms. The predicted octanol–water partition coefficient (Wildman–Crippen LogP) is 10.6. The molecule has 12 aliphatic carbocycles. The molecule has 0 aromatic heterocycles. The highest BCUT2D eigenvalue weighted by atomic mass is 19.2. The number of nitro benzene ring substituents is 1. The fraction of sp³-hybridized carbons (Fsp3) is 0.624. The number of carbonyl (C=O) groups excluding carboxylic acids is 8. The summed E-state index contributed by atoms with van der Waals surface area (Å²) in [5.41, 5.74) is -8.73. The Labute approximate surface area is 632 Å². The van der Waals surface area contributed by atoms with Gasteiger partial charge in [0.25, 0.3) is 5.69 Å². The maximum absolute atomic E-state index is 18.4. The first-order chi connectivity index (χ1) is 50.9. The van der Waals surface area contributed by atoms with Crippen LogP contribution in [0.1, 0.15) is 164 Å². The number of aliphatic hydroxyl groups excluding tert-OH is 3. The minimum atomic E-state index is -2.11. The third-order valence-corrected chi connectivity index (χ3v) is 30.5. The number of allylic oxidation sites excluding steroid dienone is 12. The molecule has 6 unspecified atom stereocenters. The molecule has 15 rings (SSSR count). The van der Waals surface area contributed by atoms with E-state index in [2.05, 4.69) is 0 Å². The van der Waals surface area contributed by atoms with E-state index in [0.717, 1.165) is 0 Å². The summed E-state index contributed by atoms with van der Waals surface area (Å²) in [7, 11) is 0. The minimum Gasteiger partial charge on any atom is -0.459 e. The van der Waals surface area contributed by atoms with Gasteiger partial charge >= 0.3 is 11.9 Å². The van der Waals surface area contributed by atoms with Crippen molar-refractivity contribution < 1.29 is 101 Å². The van der Waals surface area contributed by atoms with Gasteiger partial charge in [-0.3, -0.25) is 48.5 Å². The van der Waals surface area contributed by atoms with Gasteiger partial charge in [0.2, 0.25) is 0 Å². The van der Waals surface area contributed by atoms with Crippen LogP contribution in [0.3, 0.4) is 0 Å². The van der Waals surface area contributed by atoms with Gasteiger partial charge < -0.3 is 50.2 Å². The minimum absolute atomic E-state index is 0.00407. The zero-order chi connectivity index (χ0) is 79.5. The summed E-state index contributed by atoms with van der Waals surface area (Å²) in [6.45, 7) is 18.0. The van der Waals surface area contributed by atoms with E-state index in [9.17, 15) is 74.0 Å². The number of hydrogen-bond donors (Lipinski definition) is 6. The van der Waals surface area contributed by atoms with Crippen LogP contribution in [0.25, 0.3) is 0 Å². The number of nitro groups is 1. The first-order valence-corrected chi connectivity index (χ1v) is 38.5. The van der Waals surface area contributed by atoms with Gasteiger partial charge in [0.1, 0.15) is 48.8 Å². The van der Waals surface area contributed by atoms with Crippen molar-refractivity contribution >= 4 is 58.0 Å². The molecule has 21 nitrogen and oxygen atoms in total. The van der Waals surface area contributed by atoms with Crippen LogP contribution in [-0.4, -0.2) is 155 Å². The molecule has 0 radical (unpaired) electrons. The molecule has 24 heteroatoms. The lowest BCUT2D eigenvalue weighted by atomic mass is 9.44. The Hall–Kier alpha value is -7.45. The topological polar surface area (TPSA) is 344 Å². The highest BCUT2D eigenvalue weighted by Gasteiger charge is 2.81. The Morgan fingerprint density at radius 3 is 1.39 bits per heavy atom. The third-order valence-electron chi connectivity index (χ3n) is 30.5. The van der Waals surface area contributed by atoms with Crippen molar-refractivity contribution in [1.82, 2.24) is 0 Å². The number of para-hydroxylation sites is 2. The Morgan fingerprint density at radius 1 is 0.560 bits per heavy atom. The first-order valence-electron chi connectivity index (χ1n) is 38.5. The number of nitrogens with zero attached hydrogens (tertiary/aromatic N) is 1. The number of anilines is 1. The summed E-state index contributed by atoms with van der Waals surface area (Å²) in [5, 5.41) is 65.2. The van der Waals surface area contributed by atoms with Gasteiger partial charge in [-0.25, -0.2) is 13.2 Å². The van der Waals surface area contributed by atoms with Crippen LogP contribution in [-0.2, 0) is 70.1 Å². The molecule has 7 N–H and O–H groups in total. The highest BCUT2D eigenvalue weighted by Crippen LogP contribution is 2.76. The van der Waals surface area contributed by atoms with E-state index in [-0.39, 0.29) is 84.4 Å². The van der Waals surface area contributed by atoms with Crippen molar-refractivity contribution in [2.75, 3.05) is 25.6 Å². The molecule has 2 aromatic rings. The van der Waals surface area contributed by atoms with Gasteiger partial charge in [-0.2, -0.15) is 0 Å². The quantitative estimate of drug-likeness (QED) is 0.0527. The van der Waals surface area contributed by atoms with Crippen LogP contribution < -0.4 is 5.73 Å². The zero-order valence-electron chi connectivity index (χ0n) is 63.9. The number of benzene rings is 2. The number of ether oxygens (including phenoxy) is 4. The largest absolute Gasteiger partial charge is 0.459 e. The number of fused-ring (bicyclic) bond motifs is 16. The van der Waals surface area contributed by atoms with Crippen LogP contribution in [0, 0.1) is 95.9 Å². The van der Waals surface area contributed by atoms with Gasteiger partial charge in [-0.1, -0.05) is 113 Å². The molecule has 10 fully saturated rings. The molecule has 1 aliphatic heterocycles. The molecular formula is C85H103F3N2O19. The molecular weight excluding hydrogens is 1410 g/mol. The normalized spacial score (nSPS) is 44.2. The smallest absolute Gasteiger partial charge is 0.310 e. The highest BCUT2D eigenvalue weighted by molar-refractivity contribution is 6.03. The summed E-state index contributed by atoms with van der Waals surface area (Å²) in [4.78, 5) is 114. The Balaban J connectivity index is 0.000000147. The number of nitrogens with two attached hydrogens (primary N) is 1. The van der Waals surface area contributed by atoms with E-state index in [1.165, 1.54) is 54.7 Å². The lowest BCUT2D eigenvalue weighted by Gasteiger charge is -2.64. The molecule has 9 saturated carbocycles. The number of halogens is 3. The number of nitrogen functional groups attached to an aromatic ring is 1. The number of ketones is 6. The predicted molar refractivity (Wildman–Crippen MR) is 391 cm³/mol. The third kappa shape index (κ3) is 11.1. The average molecular weight is 1510 g/mol. The molecule has 0 amide bonds. The second-order valence-corrected chi connectivity index (χ2v) is 35.7. The van der Waals surface area contributed by atoms with Gasteiger partial charge in [0.15, 0.2) is 57.5 Å². The number of Topliss-reactive ketones (excluding diaryl/α,β-unsaturated/α-hetero) is 3. The summed E-state index contributed by atoms with van der Waals surface area (Å²) in [5.74, 6) is -8.66. The summed E-state index contributed by atoms with van der Waals surface area (Å²) in [6, 6.07) is 12.8. The van der Waals surface area contributed by atoms with E-state index < -0.39 is 174 Å². The van der Waals surface area contributed by atoms with E-state index in [1.54, 1.807) is 111 Å². The van der Waals surface area contributed by atoms with E-state index >= 15 is 13.2 Å². The molecule has 24 atom stereocenters. The number of carbonyl (C=O) groups is 8. The maximum atomic E-state index is 18.4. The number of alkyl halides is 3. The van der Waals surface area contributed by atoms with E-state index in [0.29, 0.717) is 85.8 Å². The van der Waals surface area contributed by atoms with Crippen LogP contribution in [0.15, 0.2) is 120 Å². The molecule has 109 heavy (non-hydrogen) atoms. The molecule has 13 aliphatic rings. The van der Waals surface area contributed by atoms with Gasteiger partial charge in [-0.15, -0.1) is 0 Å². The maximum Gasteiger partial charge on any atom is 0.310 e. The van der Waals surface area contributed by atoms with E-state index in [1.807, 2.05) is 13.8 Å². The summed E-state index contributed by atoms with van der Waals surface area (Å²) in [6.07, 6.45) is 12.8. The monoisotopic (exact) mass is 1510 g/mol. The Bertz CT molecular complexity index is 4390. The molecule has 2 aromatic carbocycles. The molecule has 588 valence electrons. The summed E-state index contributed by atoms with van der Waals surface area (Å²) >= 11 is 0. The van der Waals surface area contributed by atoms with Crippen LogP contribution >= 0.6 is 0 Å². The summed E-state index contributed by atoms with van der Waals surface area (Å²) < 4.78 is 77.7. The lowest BCUT2D eigenvalue weighted by Crippen LogP contribution is -2.72.